The Hall–Kier alpha value is -4.18. The van der Waals surface area contributed by atoms with Crippen LogP contribution in [-0.2, 0) is 0 Å². The van der Waals surface area contributed by atoms with Gasteiger partial charge in [-0.25, -0.2) is 4.98 Å². The summed E-state index contributed by atoms with van der Waals surface area (Å²) in [4.78, 5) is 17.8. The van der Waals surface area contributed by atoms with Gasteiger partial charge in [-0.05, 0) is 35.4 Å². The van der Waals surface area contributed by atoms with Crippen LogP contribution < -0.4 is 5.32 Å². The van der Waals surface area contributed by atoms with Crippen molar-refractivity contribution < 1.29 is 4.79 Å². The van der Waals surface area contributed by atoms with Crippen LogP contribution >= 0.6 is 0 Å². The van der Waals surface area contributed by atoms with Crippen LogP contribution in [0, 0.1) is 0 Å². The first kappa shape index (κ1) is 17.9. The molecule has 3 aromatic carbocycles. The van der Waals surface area contributed by atoms with E-state index in [-0.39, 0.29) is 5.91 Å². The molecule has 0 aliphatic heterocycles. The Morgan fingerprint density at radius 1 is 0.667 bits per heavy atom. The van der Waals surface area contributed by atoms with Gasteiger partial charge in [-0.3, -0.25) is 9.20 Å². The lowest BCUT2D eigenvalue weighted by atomic mass is 10.0. The number of hydrogen-bond acceptors (Lipinski definition) is 2. The van der Waals surface area contributed by atoms with E-state index in [9.17, 15) is 4.79 Å². The number of rotatable bonds is 4. The summed E-state index contributed by atoms with van der Waals surface area (Å²) in [5.74, 6) is 0.492. The Bertz CT molecular complexity index is 1310. The summed E-state index contributed by atoms with van der Waals surface area (Å²) in [6.45, 7) is 0. The van der Waals surface area contributed by atoms with Crippen LogP contribution in [0.25, 0.3) is 28.0 Å². The molecule has 30 heavy (non-hydrogen) atoms. The summed E-state index contributed by atoms with van der Waals surface area (Å²) in [6.07, 6.45) is 1.91. The summed E-state index contributed by atoms with van der Waals surface area (Å²) in [5, 5.41) is 3.07. The molecule has 4 heteroatoms. The Kier molecular flexibility index (Phi) is 4.58. The predicted octanol–water partition coefficient (Wildman–Crippen LogP) is 5.92. The predicted molar refractivity (Wildman–Crippen MR) is 120 cm³/mol. The monoisotopic (exact) mass is 389 g/mol. The van der Waals surface area contributed by atoms with E-state index < -0.39 is 0 Å². The number of nitrogens with one attached hydrogen (secondary N) is 1. The van der Waals surface area contributed by atoms with Crippen molar-refractivity contribution in [2.24, 2.45) is 0 Å². The van der Waals surface area contributed by atoms with Crippen molar-refractivity contribution in [3.63, 3.8) is 0 Å². The second-order valence-corrected chi connectivity index (χ2v) is 7.00. The van der Waals surface area contributed by atoms with Crippen LogP contribution in [0.3, 0.4) is 0 Å². The maximum atomic E-state index is 13.0. The zero-order valence-corrected chi connectivity index (χ0v) is 16.2. The van der Waals surface area contributed by atoms with E-state index in [0.717, 1.165) is 28.0 Å². The number of carbonyl (C=O) groups is 1. The van der Waals surface area contributed by atoms with Gasteiger partial charge in [0.15, 0.2) is 0 Å². The Morgan fingerprint density at radius 3 is 1.97 bits per heavy atom. The Labute approximate surface area is 174 Å². The molecule has 2 aromatic heterocycles. The highest BCUT2D eigenvalue weighted by Gasteiger charge is 2.17. The van der Waals surface area contributed by atoms with Gasteiger partial charge >= 0.3 is 0 Å². The van der Waals surface area contributed by atoms with Crippen LogP contribution in [-0.4, -0.2) is 15.3 Å². The van der Waals surface area contributed by atoms with E-state index in [4.69, 9.17) is 4.98 Å². The molecule has 0 aliphatic carbocycles. The number of anilines is 1. The SMILES string of the molecule is O=C(Nc1c(-c2ccccc2)nc2ccccn12)c1ccc(-c2ccccc2)cc1. The first-order chi connectivity index (χ1) is 14.8. The van der Waals surface area contributed by atoms with Gasteiger partial charge in [-0.1, -0.05) is 78.9 Å². The summed E-state index contributed by atoms with van der Waals surface area (Å²) in [7, 11) is 0. The second kappa shape index (κ2) is 7.68. The normalized spacial score (nSPS) is 10.8. The number of imidazole rings is 1. The van der Waals surface area contributed by atoms with Gasteiger partial charge in [0.2, 0.25) is 0 Å². The fourth-order valence-electron chi connectivity index (χ4n) is 3.54. The van der Waals surface area contributed by atoms with Crippen LogP contribution in [0.2, 0.25) is 0 Å². The molecule has 0 fully saturated rings. The molecule has 0 aliphatic rings. The molecule has 0 radical (unpaired) electrons. The van der Waals surface area contributed by atoms with Gasteiger partial charge in [0.25, 0.3) is 5.91 Å². The molecule has 0 saturated carbocycles. The summed E-state index contributed by atoms with van der Waals surface area (Å²) < 4.78 is 1.90. The molecule has 1 N–H and O–H groups in total. The number of benzene rings is 3. The van der Waals surface area contributed by atoms with Gasteiger partial charge in [-0.2, -0.15) is 0 Å². The highest BCUT2D eigenvalue weighted by atomic mass is 16.1. The number of aromatic nitrogens is 2. The Morgan fingerprint density at radius 2 is 1.27 bits per heavy atom. The molecule has 1 amide bonds. The highest BCUT2D eigenvalue weighted by molar-refractivity contribution is 6.06. The summed E-state index contributed by atoms with van der Waals surface area (Å²) in [5.41, 5.74) is 5.28. The van der Waals surface area contributed by atoms with Crippen LogP contribution in [0.4, 0.5) is 5.82 Å². The smallest absolute Gasteiger partial charge is 0.256 e. The zero-order chi connectivity index (χ0) is 20.3. The van der Waals surface area contributed by atoms with Crippen molar-refractivity contribution in [1.82, 2.24) is 9.38 Å². The molecule has 0 atom stereocenters. The average Bonchev–Trinajstić information content (AvgIpc) is 3.19. The third kappa shape index (κ3) is 3.35. The van der Waals surface area contributed by atoms with E-state index >= 15 is 0 Å². The molecular weight excluding hydrogens is 370 g/mol. The van der Waals surface area contributed by atoms with Crippen molar-refractivity contribution in [3.8, 4) is 22.4 Å². The highest BCUT2D eigenvalue weighted by Crippen LogP contribution is 2.29. The molecule has 4 nitrogen and oxygen atoms in total. The maximum Gasteiger partial charge on any atom is 0.256 e. The van der Waals surface area contributed by atoms with Gasteiger partial charge in [0.05, 0.1) is 0 Å². The Balaban J connectivity index is 1.49. The lowest BCUT2D eigenvalue weighted by Crippen LogP contribution is -2.14. The molecule has 144 valence electrons. The fourth-order valence-corrected chi connectivity index (χ4v) is 3.54. The van der Waals surface area contributed by atoms with Crippen LogP contribution in [0.1, 0.15) is 10.4 Å². The van der Waals surface area contributed by atoms with Crippen molar-refractivity contribution in [2.75, 3.05) is 5.32 Å². The second-order valence-electron chi connectivity index (χ2n) is 7.00. The zero-order valence-electron chi connectivity index (χ0n) is 16.2. The first-order valence-electron chi connectivity index (χ1n) is 9.79. The van der Waals surface area contributed by atoms with E-state index in [0.29, 0.717) is 11.4 Å². The molecular formula is C26H19N3O. The van der Waals surface area contributed by atoms with E-state index in [1.54, 1.807) is 0 Å². The third-order valence-corrected chi connectivity index (χ3v) is 5.06. The lowest BCUT2D eigenvalue weighted by Gasteiger charge is -2.09. The first-order valence-corrected chi connectivity index (χ1v) is 9.79. The van der Waals surface area contributed by atoms with Crippen molar-refractivity contribution in [1.29, 1.82) is 0 Å². The minimum absolute atomic E-state index is 0.169. The van der Waals surface area contributed by atoms with E-state index in [1.807, 2.05) is 102 Å². The number of amides is 1. The topological polar surface area (TPSA) is 46.4 Å². The number of carbonyl (C=O) groups excluding carboxylic acids is 1. The maximum absolute atomic E-state index is 13.0. The van der Waals surface area contributed by atoms with Crippen molar-refractivity contribution >= 4 is 17.4 Å². The standard InChI is InChI=1S/C26H19N3O/c30-26(22-16-14-20(15-17-22)19-9-3-1-4-10-19)28-25-24(21-11-5-2-6-12-21)27-23-13-7-8-18-29(23)25/h1-18H,(H,28,30). The quantitative estimate of drug-likeness (QED) is 0.415. The largest absolute Gasteiger partial charge is 0.306 e. The van der Waals surface area contributed by atoms with E-state index in [1.165, 1.54) is 0 Å². The van der Waals surface area contributed by atoms with Gasteiger partial charge in [0.1, 0.15) is 17.2 Å². The average molecular weight is 389 g/mol. The molecule has 0 saturated heterocycles. The molecule has 5 rings (SSSR count). The number of hydrogen-bond donors (Lipinski definition) is 1. The number of fused-ring (bicyclic) bond motifs is 1. The van der Waals surface area contributed by atoms with Crippen LogP contribution in [0.5, 0.6) is 0 Å². The molecule has 5 aromatic rings. The third-order valence-electron chi connectivity index (χ3n) is 5.06. The van der Waals surface area contributed by atoms with Gasteiger partial charge < -0.3 is 5.32 Å². The number of nitrogens with zero attached hydrogens (tertiary/aromatic N) is 2. The molecule has 0 unspecified atom stereocenters. The molecule has 0 spiro atoms. The van der Waals surface area contributed by atoms with Crippen molar-refractivity contribution in [3.05, 3.63) is 115 Å². The number of pyridine rings is 1. The van der Waals surface area contributed by atoms with Gasteiger partial charge in [-0.15, -0.1) is 0 Å². The van der Waals surface area contributed by atoms with Gasteiger partial charge in [0, 0.05) is 17.3 Å². The molecule has 0 bridgehead atoms. The van der Waals surface area contributed by atoms with Crippen molar-refractivity contribution in [2.45, 2.75) is 0 Å². The van der Waals surface area contributed by atoms with E-state index in [2.05, 4.69) is 17.4 Å². The summed E-state index contributed by atoms with van der Waals surface area (Å²) in [6, 6.07) is 33.4. The lowest BCUT2D eigenvalue weighted by molar-refractivity contribution is 0.102. The minimum atomic E-state index is -0.169. The fraction of sp³-hybridized carbons (Fsp3) is 0. The van der Waals surface area contributed by atoms with Crippen LogP contribution in [0.15, 0.2) is 109 Å². The minimum Gasteiger partial charge on any atom is -0.306 e. The molecule has 2 heterocycles. The summed E-state index contributed by atoms with van der Waals surface area (Å²) >= 11 is 0.